The standard InChI is InChI=1S/C10H16BrN3O2/c11-9-5-13-14(6-9)2-1-12-10-7-15-3-4-16-8-10/h5-6,10,12H,1-4,7-8H2. The van der Waals surface area contributed by atoms with E-state index in [1.807, 2.05) is 10.9 Å². The van der Waals surface area contributed by atoms with Crippen molar-refractivity contribution in [2.24, 2.45) is 0 Å². The fourth-order valence-electron chi connectivity index (χ4n) is 1.58. The third kappa shape index (κ3) is 3.86. The molecule has 90 valence electrons. The summed E-state index contributed by atoms with van der Waals surface area (Å²) < 4.78 is 13.7. The van der Waals surface area contributed by atoms with E-state index in [9.17, 15) is 0 Å². The predicted molar refractivity (Wildman–Crippen MR) is 63.4 cm³/mol. The molecule has 0 radical (unpaired) electrons. The average Bonchev–Trinajstić information content (AvgIpc) is 2.54. The van der Waals surface area contributed by atoms with Crippen LogP contribution in [0, 0.1) is 0 Å². The van der Waals surface area contributed by atoms with Crippen molar-refractivity contribution in [3.8, 4) is 0 Å². The third-order valence-electron chi connectivity index (χ3n) is 2.39. The minimum Gasteiger partial charge on any atom is -0.377 e. The summed E-state index contributed by atoms with van der Waals surface area (Å²) >= 11 is 3.37. The van der Waals surface area contributed by atoms with Gasteiger partial charge in [-0.2, -0.15) is 5.10 Å². The Balaban J connectivity index is 1.67. The van der Waals surface area contributed by atoms with Gasteiger partial charge in [0.25, 0.3) is 0 Å². The molecular formula is C10H16BrN3O2. The van der Waals surface area contributed by atoms with Crippen molar-refractivity contribution in [1.82, 2.24) is 15.1 Å². The molecule has 1 saturated heterocycles. The van der Waals surface area contributed by atoms with Gasteiger partial charge in [-0.1, -0.05) is 0 Å². The molecule has 0 bridgehead atoms. The second-order valence-corrected chi connectivity index (χ2v) is 4.64. The van der Waals surface area contributed by atoms with Gasteiger partial charge in [0, 0.05) is 12.7 Å². The fraction of sp³-hybridized carbons (Fsp3) is 0.700. The lowest BCUT2D eigenvalue weighted by Gasteiger charge is -2.14. The van der Waals surface area contributed by atoms with Crippen LogP contribution in [0.2, 0.25) is 0 Å². The van der Waals surface area contributed by atoms with Gasteiger partial charge in [-0.25, -0.2) is 0 Å². The van der Waals surface area contributed by atoms with Gasteiger partial charge in [-0.3, -0.25) is 4.68 Å². The topological polar surface area (TPSA) is 48.3 Å². The van der Waals surface area contributed by atoms with Crippen molar-refractivity contribution in [2.45, 2.75) is 12.6 Å². The highest BCUT2D eigenvalue weighted by Gasteiger charge is 2.11. The molecule has 1 N–H and O–H groups in total. The van der Waals surface area contributed by atoms with Crippen LogP contribution in [-0.2, 0) is 16.0 Å². The number of rotatable bonds is 4. The fourth-order valence-corrected chi connectivity index (χ4v) is 1.91. The van der Waals surface area contributed by atoms with Gasteiger partial charge in [0.05, 0.1) is 49.7 Å². The lowest BCUT2D eigenvalue weighted by molar-refractivity contribution is 0.103. The molecule has 0 unspecified atom stereocenters. The van der Waals surface area contributed by atoms with Gasteiger partial charge < -0.3 is 14.8 Å². The molecule has 0 atom stereocenters. The van der Waals surface area contributed by atoms with Crippen LogP contribution in [0.3, 0.4) is 0 Å². The molecule has 0 amide bonds. The van der Waals surface area contributed by atoms with Crippen LogP contribution < -0.4 is 5.32 Å². The molecule has 1 aromatic heterocycles. The molecule has 0 aromatic carbocycles. The molecule has 1 aliphatic heterocycles. The van der Waals surface area contributed by atoms with E-state index in [-0.39, 0.29) is 0 Å². The zero-order valence-corrected chi connectivity index (χ0v) is 10.6. The molecule has 16 heavy (non-hydrogen) atoms. The van der Waals surface area contributed by atoms with E-state index in [0.717, 1.165) is 30.8 Å². The van der Waals surface area contributed by atoms with Gasteiger partial charge in [0.1, 0.15) is 0 Å². The first-order valence-corrected chi connectivity index (χ1v) is 6.21. The van der Waals surface area contributed by atoms with Crippen LogP contribution >= 0.6 is 15.9 Å². The Morgan fingerprint density at radius 3 is 2.81 bits per heavy atom. The molecule has 1 aromatic rings. The maximum absolute atomic E-state index is 5.40. The molecule has 6 heteroatoms. The van der Waals surface area contributed by atoms with Gasteiger partial charge in [-0.05, 0) is 15.9 Å². The maximum Gasteiger partial charge on any atom is 0.0701 e. The van der Waals surface area contributed by atoms with Crippen LogP contribution in [-0.4, -0.2) is 48.8 Å². The normalized spacial score (nSPS) is 18.6. The number of hydrogen-bond acceptors (Lipinski definition) is 4. The van der Waals surface area contributed by atoms with E-state index in [4.69, 9.17) is 9.47 Å². The van der Waals surface area contributed by atoms with Gasteiger partial charge >= 0.3 is 0 Å². The molecule has 2 rings (SSSR count). The lowest BCUT2D eigenvalue weighted by atomic mass is 10.3. The number of nitrogens with zero attached hydrogens (tertiary/aromatic N) is 2. The second kappa shape index (κ2) is 6.34. The number of nitrogens with one attached hydrogen (secondary N) is 1. The molecule has 0 aliphatic carbocycles. The van der Waals surface area contributed by atoms with Crippen LogP contribution in [0.1, 0.15) is 0 Å². The van der Waals surface area contributed by atoms with Gasteiger partial charge in [0.15, 0.2) is 0 Å². The Labute approximate surface area is 103 Å². The Hall–Kier alpha value is -0.430. The number of halogens is 1. The second-order valence-electron chi connectivity index (χ2n) is 3.72. The van der Waals surface area contributed by atoms with Crippen molar-refractivity contribution in [1.29, 1.82) is 0 Å². The summed E-state index contributed by atoms with van der Waals surface area (Å²) in [6.07, 6.45) is 3.75. The zero-order valence-electron chi connectivity index (χ0n) is 9.06. The van der Waals surface area contributed by atoms with Crippen molar-refractivity contribution >= 4 is 15.9 Å². The summed E-state index contributed by atoms with van der Waals surface area (Å²) in [5.74, 6) is 0. The molecule has 0 saturated carbocycles. The van der Waals surface area contributed by atoms with Crippen molar-refractivity contribution in [3.63, 3.8) is 0 Å². The van der Waals surface area contributed by atoms with Crippen molar-refractivity contribution in [2.75, 3.05) is 33.0 Å². The summed E-state index contributed by atoms with van der Waals surface area (Å²) in [4.78, 5) is 0. The van der Waals surface area contributed by atoms with Crippen molar-refractivity contribution in [3.05, 3.63) is 16.9 Å². The molecule has 5 nitrogen and oxygen atoms in total. The number of ether oxygens (including phenoxy) is 2. The SMILES string of the molecule is Brc1cnn(CCNC2COCCOC2)c1. The molecule has 1 aliphatic rings. The highest BCUT2D eigenvalue weighted by Crippen LogP contribution is 2.05. The smallest absolute Gasteiger partial charge is 0.0701 e. The van der Waals surface area contributed by atoms with Crippen LogP contribution in [0.4, 0.5) is 0 Å². The zero-order chi connectivity index (χ0) is 11.2. The van der Waals surface area contributed by atoms with Gasteiger partial charge in [0.2, 0.25) is 0 Å². The number of hydrogen-bond donors (Lipinski definition) is 1. The van der Waals surface area contributed by atoms with E-state index in [2.05, 4.69) is 26.3 Å². The van der Waals surface area contributed by atoms with E-state index in [1.54, 1.807) is 6.20 Å². The summed E-state index contributed by atoms with van der Waals surface area (Å²) in [7, 11) is 0. The summed E-state index contributed by atoms with van der Waals surface area (Å²) in [6.45, 7) is 4.56. The Morgan fingerprint density at radius 2 is 2.19 bits per heavy atom. The third-order valence-corrected chi connectivity index (χ3v) is 2.80. The minimum absolute atomic E-state index is 0.293. The first-order chi connectivity index (χ1) is 7.84. The molecule has 1 fully saturated rings. The highest BCUT2D eigenvalue weighted by atomic mass is 79.9. The first-order valence-electron chi connectivity index (χ1n) is 5.41. The lowest BCUT2D eigenvalue weighted by Crippen LogP contribution is -2.38. The quantitative estimate of drug-likeness (QED) is 0.884. The highest BCUT2D eigenvalue weighted by molar-refractivity contribution is 9.10. The van der Waals surface area contributed by atoms with Crippen LogP contribution in [0.5, 0.6) is 0 Å². The molecular weight excluding hydrogens is 274 g/mol. The van der Waals surface area contributed by atoms with E-state index >= 15 is 0 Å². The van der Waals surface area contributed by atoms with Gasteiger partial charge in [-0.15, -0.1) is 0 Å². The Kier molecular flexibility index (Phi) is 4.77. The van der Waals surface area contributed by atoms with E-state index in [1.165, 1.54) is 0 Å². The first kappa shape index (κ1) is 12.0. The van der Waals surface area contributed by atoms with E-state index < -0.39 is 0 Å². The summed E-state index contributed by atoms with van der Waals surface area (Å²) in [5, 5.41) is 7.58. The monoisotopic (exact) mass is 289 g/mol. The van der Waals surface area contributed by atoms with Crippen molar-refractivity contribution < 1.29 is 9.47 Å². The van der Waals surface area contributed by atoms with Crippen LogP contribution in [0.25, 0.3) is 0 Å². The molecule has 2 heterocycles. The largest absolute Gasteiger partial charge is 0.377 e. The van der Waals surface area contributed by atoms with E-state index in [0.29, 0.717) is 19.3 Å². The Bertz CT molecular complexity index is 311. The summed E-state index contributed by atoms with van der Waals surface area (Å²) in [6, 6.07) is 0.293. The Morgan fingerprint density at radius 1 is 1.44 bits per heavy atom. The minimum atomic E-state index is 0.293. The van der Waals surface area contributed by atoms with Crippen LogP contribution in [0.15, 0.2) is 16.9 Å². The summed E-state index contributed by atoms with van der Waals surface area (Å²) in [5.41, 5.74) is 0. The number of aromatic nitrogens is 2. The average molecular weight is 290 g/mol. The maximum atomic E-state index is 5.40. The predicted octanol–water partition coefficient (Wildman–Crippen LogP) is 0.651. The molecule has 0 spiro atoms.